The number of fused-ring (bicyclic) bond motifs is 2. The number of aromatic nitrogens is 2. The van der Waals surface area contributed by atoms with Crippen LogP contribution in [-0.4, -0.2) is 33.6 Å². The lowest BCUT2D eigenvalue weighted by atomic mass is 9.85. The van der Waals surface area contributed by atoms with Gasteiger partial charge in [-0.25, -0.2) is 4.79 Å². The number of para-hydroxylation sites is 2. The lowest BCUT2D eigenvalue weighted by Gasteiger charge is -2.22. The Bertz CT molecular complexity index is 2420. The molecule has 2 aromatic heterocycles. The number of aromatic amines is 1. The summed E-state index contributed by atoms with van der Waals surface area (Å²) >= 11 is 0. The van der Waals surface area contributed by atoms with Crippen molar-refractivity contribution in [2.45, 2.75) is 18.7 Å². The highest BCUT2D eigenvalue weighted by Gasteiger charge is 2.33. The molecule has 10 heteroatoms. The van der Waals surface area contributed by atoms with Crippen molar-refractivity contribution in [2.75, 3.05) is 6.61 Å². The molecule has 0 aliphatic rings. The number of carbonyl (C=O) groups is 1. The normalized spacial score (nSPS) is 12.2. The van der Waals surface area contributed by atoms with E-state index in [9.17, 15) is 27.9 Å². The molecule has 0 spiro atoms. The molecule has 0 fully saturated rings. The van der Waals surface area contributed by atoms with Crippen molar-refractivity contribution >= 4 is 27.8 Å². The van der Waals surface area contributed by atoms with E-state index in [2.05, 4.69) is 9.72 Å². The van der Waals surface area contributed by atoms with Crippen LogP contribution in [0.15, 0.2) is 132 Å². The SMILES string of the molecule is Cn1c(=O)c(C(c2ccc(OC(F)(F)F)cc2)c2[nH]c3ccccc3c2CCOC(=O)c2ccc(-c3ccccc3)cc2)c(O)c2ccccc21. The number of carbonyl (C=O) groups excluding carboxylic acids is 1. The Morgan fingerprint density at radius 2 is 1.43 bits per heavy atom. The highest BCUT2D eigenvalue weighted by Crippen LogP contribution is 2.41. The second kappa shape index (κ2) is 13.5. The van der Waals surface area contributed by atoms with E-state index in [0.717, 1.165) is 22.0 Å². The van der Waals surface area contributed by atoms with Gasteiger partial charge in [0.1, 0.15) is 11.5 Å². The Morgan fingerprint density at radius 3 is 2.14 bits per heavy atom. The molecule has 7 aromatic rings. The van der Waals surface area contributed by atoms with Gasteiger partial charge in [0, 0.05) is 35.5 Å². The Hall–Kier alpha value is -6.29. The number of rotatable bonds is 9. The van der Waals surface area contributed by atoms with Gasteiger partial charge in [-0.15, -0.1) is 13.2 Å². The van der Waals surface area contributed by atoms with Gasteiger partial charge in [0.05, 0.1) is 29.2 Å². The Labute approximate surface area is 290 Å². The standard InChI is InChI=1S/C41H31F3N2O5/c1-46-34-14-8-6-12-32(34)38(47)36(39(46)48)35(27-19-21-29(22-20-27)51-41(42,43)44)37-31(30-11-5-7-13-33(30)45-37)23-24-50-40(49)28-17-15-26(16-18-28)25-9-3-2-4-10-25/h2-22,35,45,47H,23-24H2,1H3. The summed E-state index contributed by atoms with van der Waals surface area (Å²) in [6.07, 6.45) is -4.66. The average Bonchev–Trinajstić information content (AvgIpc) is 3.50. The third-order valence-electron chi connectivity index (χ3n) is 8.99. The molecule has 5 aromatic carbocycles. The number of H-pyrrole nitrogens is 1. The average molecular weight is 689 g/mol. The van der Waals surface area contributed by atoms with Gasteiger partial charge in [0.25, 0.3) is 5.56 Å². The predicted molar refractivity (Wildman–Crippen MR) is 189 cm³/mol. The predicted octanol–water partition coefficient (Wildman–Crippen LogP) is 8.87. The number of aryl methyl sites for hydroxylation is 1. The van der Waals surface area contributed by atoms with Crippen LogP contribution in [0.3, 0.4) is 0 Å². The lowest BCUT2D eigenvalue weighted by molar-refractivity contribution is -0.274. The van der Waals surface area contributed by atoms with Crippen LogP contribution in [0, 0.1) is 0 Å². The maximum atomic E-state index is 14.1. The maximum Gasteiger partial charge on any atom is 0.573 e. The molecule has 0 radical (unpaired) electrons. The van der Waals surface area contributed by atoms with Gasteiger partial charge in [-0.2, -0.15) is 0 Å². The van der Waals surface area contributed by atoms with Crippen LogP contribution in [0.25, 0.3) is 32.9 Å². The van der Waals surface area contributed by atoms with Crippen molar-refractivity contribution in [1.82, 2.24) is 9.55 Å². The van der Waals surface area contributed by atoms with Crippen molar-refractivity contribution in [3.8, 4) is 22.6 Å². The summed E-state index contributed by atoms with van der Waals surface area (Å²) in [5, 5.41) is 13.0. The van der Waals surface area contributed by atoms with E-state index in [0.29, 0.717) is 33.3 Å². The van der Waals surface area contributed by atoms with Crippen molar-refractivity contribution in [1.29, 1.82) is 0 Å². The molecule has 7 nitrogen and oxygen atoms in total. The van der Waals surface area contributed by atoms with E-state index in [4.69, 9.17) is 4.74 Å². The molecular formula is C41H31F3N2O5. The molecule has 1 atom stereocenters. The molecular weight excluding hydrogens is 657 g/mol. The number of hydrogen-bond donors (Lipinski definition) is 2. The Balaban J connectivity index is 1.28. The van der Waals surface area contributed by atoms with E-state index in [1.54, 1.807) is 43.4 Å². The summed E-state index contributed by atoms with van der Waals surface area (Å²) in [6.45, 7) is -0.0130. The van der Waals surface area contributed by atoms with Crippen molar-refractivity contribution in [2.24, 2.45) is 7.05 Å². The number of benzene rings is 5. The first kappa shape index (κ1) is 33.2. The maximum absolute atomic E-state index is 14.1. The molecule has 2 N–H and O–H groups in total. The quantitative estimate of drug-likeness (QED) is 0.148. The number of hydrogen-bond acceptors (Lipinski definition) is 5. The van der Waals surface area contributed by atoms with Crippen LogP contribution >= 0.6 is 0 Å². The third-order valence-corrected chi connectivity index (χ3v) is 8.99. The van der Waals surface area contributed by atoms with E-state index in [-0.39, 0.29) is 24.3 Å². The minimum absolute atomic E-state index is 0.0130. The van der Waals surface area contributed by atoms with Crippen LogP contribution in [0.4, 0.5) is 13.2 Å². The van der Waals surface area contributed by atoms with Crippen molar-refractivity contribution in [3.05, 3.63) is 166 Å². The highest BCUT2D eigenvalue weighted by atomic mass is 19.4. The Morgan fingerprint density at radius 1 is 0.804 bits per heavy atom. The number of ether oxygens (including phenoxy) is 2. The van der Waals surface area contributed by atoms with Gasteiger partial charge < -0.3 is 24.1 Å². The van der Waals surface area contributed by atoms with E-state index < -0.39 is 29.6 Å². The Kier molecular flexibility index (Phi) is 8.83. The molecule has 0 aliphatic heterocycles. The zero-order chi connectivity index (χ0) is 35.7. The van der Waals surface area contributed by atoms with Crippen LogP contribution < -0.4 is 10.3 Å². The minimum atomic E-state index is -4.89. The number of nitrogens with one attached hydrogen (secondary N) is 1. The van der Waals surface area contributed by atoms with Crippen molar-refractivity contribution < 1.29 is 32.5 Å². The van der Waals surface area contributed by atoms with Crippen LogP contribution in [0.1, 0.15) is 38.7 Å². The summed E-state index contributed by atoms with van der Waals surface area (Å²) in [6, 6.07) is 36.5. The number of esters is 1. The fourth-order valence-electron chi connectivity index (χ4n) is 6.60. The summed E-state index contributed by atoms with van der Waals surface area (Å²) in [7, 11) is 1.60. The lowest BCUT2D eigenvalue weighted by Crippen LogP contribution is -2.25. The van der Waals surface area contributed by atoms with Gasteiger partial charge in [0.2, 0.25) is 0 Å². The highest BCUT2D eigenvalue weighted by molar-refractivity contribution is 5.91. The van der Waals surface area contributed by atoms with Crippen LogP contribution in [0.5, 0.6) is 11.5 Å². The van der Waals surface area contributed by atoms with E-state index in [1.165, 1.54) is 28.8 Å². The van der Waals surface area contributed by atoms with Gasteiger partial charge in [-0.05, 0) is 64.7 Å². The van der Waals surface area contributed by atoms with Gasteiger partial charge in [0.15, 0.2) is 0 Å². The third kappa shape index (κ3) is 6.68. The number of aromatic hydroxyl groups is 1. The summed E-state index contributed by atoms with van der Waals surface area (Å²) in [5.74, 6) is -2.14. The van der Waals surface area contributed by atoms with Crippen molar-refractivity contribution in [3.63, 3.8) is 0 Å². The number of alkyl halides is 3. The molecule has 256 valence electrons. The second-order valence-corrected chi connectivity index (χ2v) is 12.1. The smallest absolute Gasteiger partial charge is 0.507 e. The summed E-state index contributed by atoms with van der Waals surface area (Å²) < 4.78 is 50.4. The first-order valence-electron chi connectivity index (χ1n) is 16.2. The molecule has 0 amide bonds. The monoisotopic (exact) mass is 688 g/mol. The molecule has 0 saturated heterocycles. The molecule has 0 bridgehead atoms. The van der Waals surface area contributed by atoms with E-state index >= 15 is 0 Å². The fourth-order valence-corrected chi connectivity index (χ4v) is 6.60. The van der Waals surface area contributed by atoms with Gasteiger partial charge >= 0.3 is 12.3 Å². The summed E-state index contributed by atoms with van der Waals surface area (Å²) in [5.41, 5.74) is 4.82. The molecule has 0 saturated carbocycles. The second-order valence-electron chi connectivity index (χ2n) is 12.1. The topological polar surface area (TPSA) is 93.5 Å². The van der Waals surface area contributed by atoms with E-state index in [1.807, 2.05) is 66.7 Å². The fraction of sp³-hybridized carbons (Fsp3) is 0.122. The summed E-state index contributed by atoms with van der Waals surface area (Å²) in [4.78, 5) is 30.6. The van der Waals surface area contributed by atoms with Crippen LogP contribution in [0.2, 0.25) is 0 Å². The molecule has 0 aliphatic carbocycles. The number of pyridine rings is 1. The molecule has 7 rings (SSSR count). The number of halogens is 3. The molecule has 51 heavy (non-hydrogen) atoms. The first-order chi connectivity index (χ1) is 24.6. The van der Waals surface area contributed by atoms with Gasteiger partial charge in [-0.3, -0.25) is 4.79 Å². The minimum Gasteiger partial charge on any atom is -0.507 e. The number of nitrogens with zero attached hydrogens (tertiary/aromatic N) is 1. The first-order valence-corrected chi connectivity index (χ1v) is 16.2. The zero-order valence-corrected chi connectivity index (χ0v) is 27.3. The zero-order valence-electron chi connectivity index (χ0n) is 27.3. The molecule has 2 heterocycles. The van der Waals surface area contributed by atoms with Crippen LogP contribution in [-0.2, 0) is 18.2 Å². The molecule has 1 unspecified atom stereocenters. The van der Waals surface area contributed by atoms with Gasteiger partial charge in [-0.1, -0.05) is 84.9 Å². The largest absolute Gasteiger partial charge is 0.573 e.